The Bertz CT molecular complexity index is 1190. The molecule has 1 N–H and O–H groups in total. The first-order chi connectivity index (χ1) is 15.3. The van der Waals surface area contributed by atoms with E-state index in [1.807, 2.05) is 12.1 Å². The van der Waals surface area contributed by atoms with E-state index >= 15 is 0 Å². The van der Waals surface area contributed by atoms with E-state index in [0.717, 1.165) is 10.9 Å². The first-order valence-corrected chi connectivity index (χ1v) is 10.7. The second-order valence-electron chi connectivity index (χ2n) is 7.88. The summed E-state index contributed by atoms with van der Waals surface area (Å²) in [6.45, 7) is 2.37. The van der Waals surface area contributed by atoms with Crippen LogP contribution in [0.5, 0.6) is 5.75 Å². The molecule has 0 unspecified atom stereocenters. The molecule has 0 bridgehead atoms. The van der Waals surface area contributed by atoms with Gasteiger partial charge >= 0.3 is 5.97 Å². The SMILES string of the molecule is C[C@@H](Oc1ccc2c(-c3ccc(F)cc3Cl)ccnc2c1)C(=O)N1CCC[C@@H](C(=O)O)C1. The summed E-state index contributed by atoms with van der Waals surface area (Å²) < 4.78 is 19.3. The number of ether oxygens (including phenoxy) is 1. The van der Waals surface area contributed by atoms with Gasteiger partial charge in [0, 0.05) is 36.3 Å². The molecule has 0 radical (unpaired) electrons. The van der Waals surface area contributed by atoms with Crippen LogP contribution in [0.15, 0.2) is 48.7 Å². The maximum Gasteiger partial charge on any atom is 0.308 e. The molecule has 2 atom stereocenters. The Labute approximate surface area is 189 Å². The molecule has 0 saturated carbocycles. The van der Waals surface area contributed by atoms with Gasteiger partial charge in [-0.3, -0.25) is 14.6 Å². The summed E-state index contributed by atoms with van der Waals surface area (Å²) in [5.41, 5.74) is 2.14. The predicted molar refractivity (Wildman–Crippen MR) is 119 cm³/mol. The number of fused-ring (bicyclic) bond motifs is 1. The van der Waals surface area contributed by atoms with Crippen LogP contribution in [0.4, 0.5) is 4.39 Å². The van der Waals surface area contributed by atoms with Gasteiger partial charge in [-0.05, 0) is 61.7 Å². The van der Waals surface area contributed by atoms with Gasteiger partial charge in [-0.1, -0.05) is 11.6 Å². The topological polar surface area (TPSA) is 79.7 Å². The molecule has 1 aliphatic heterocycles. The smallest absolute Gasteiger partial charge is 0.308 e. The average molecular weight is 457 g/mol. The van der Waals surface area contributed by atoms with Crippen LogP contribution in [-0.4, -0.2) is 46.1 Å². The molecule has 0 spiro atoms. The number of halogens is 2. The minimum absolute atomic E-state index is 0.197. The summed E-state index contributed by atoms with van der Waals surface area (Å²) in [5.74, 6) is -1.60. The number of nitrogens with zero attached hydrogens (tertiary/aromatic N) is 2. The van der Waals surface area contributed by atoms with Crippen LogP contribution in [0.25, 0.3) is 22.0 Å². The Kier molecular flexibility index (Phi) is 6.28. The predicted octanol–water partition coefficient (Wildman–Crippen LogP) is 4.78. The number of aliphatic carboxylic acids is 1. The number of carbonyl (C=O) groups excluding carboxylic acids is 1. The Balaban J connectivity index is 1.54. The van der Waals surface area contributed by atoms with Crippen molar-refractivity contribution in [1.29, 1.82) is 0 Å². The summed E-state index contributed by atoms with van der Waals surface area (Å²) in [7, 11) is 0. The van der Waals surface area contributed by atoms with Gasteiger partial charge in [0.25, 0.3) is 5.91 Å². The zero-order chi connectivity index (χ0) is 22.8. The number of hydrogen-bond acceptors (Lipinski definition) is 4. The fourth-order valence-electron chi connectivity index (χ4n) is 4.03. The van der Waals surface area contributed by atoms with E-state index in [9.17, 15) is 19.1 Å². The van der Waals surface area contributed by atoms with E-state index in [0.29, 0.717) is 41.2 Å². The maximum atomic E-state index is 13.4. The van der Waals surface area contributed by atoms with Crippen LogP contribution >= 0.6 is 11.6 Å². The molecule has 1 fully saturated rings. The Morgan fingerprint density at radius 3 is 2.78 bits per heavy atom. The van der Waals surface area contributed by atoms with Crippen molar-refractivity contribution in [1.82, 2.24) is 9.88 Å². The van der Waals surface area contributed by atoms with Crippen LogP contribution in [0, 0.1) is 11.7 Å². The van der Waals surface area contributed by atoms with Gasteiger partial charge in [-0.2, -0.15) is 0 Å². The Hall–Kier alpha value is -3.19. The van der Waals surface area contributed by atoms with E-state index in [-0.39, 0.29) is 12.5 Å². The van der Waals surface area contributed by atoms with Crippen molar-refractivity contribution in [2.75, 3.05) is 13.1 Å². The van der Waals surface area contributed by atoms with Crippen molar-refractivity contribution in [2.45, 2.75) is 25.9 Å². The minimum atomic E-state index is -0.881. The zero-order valence-corrected chi connectivity index (χ0v) is 18.2. The van der Waals surface area contributed by atoms with Crippen molar-refractivity contribution >= 4 is 34.4 Å². The highest BCUT2D eigenvalue weighted by Crippen LogP contribution is 2.34. The molecule has 6 nitrogen and oxygen atoms in total. The molecule has 2 heterocycles. The lowest BCUT2D eigenvalue weighted by Crippen LogP contribution is -2.47. The summed E-state index contributed by atoms with van der Waals surface area (Å²) >= 11 is 6.24. The molecule has 0 aliphatic carbocycles. The van der Waals surface area contributed by atoms with E-state index in [4.69, 9.17) is 16.3 Å². The van der Waals surface area contributed by atoms with Gasteiger partial charge in [0.1, 0.15) is 11.6 Å². The number of carbonyl (C=O) groups is 2. The van der Waals surface area contributed by atoms with Crippen molar-refractivity contribution in [3.63, 3.8) is 0 Å². The van der Waals surface area contributed by atoms with Crippen molar-refractivity contribution in [2.24, 2.45) is 5.92 Å². The number of carboxylic acids is 1. The van der Waals surface area contributed by atoms with Gasteiger partial charge in [-0.15, -0.1) is 0 Å². The molecule has 8 heteroatoms. The lowest BCUT2D eigenvalue weighted by atomic mass is 9.98. The van der Waals surface area contributed by atoms with Gasteiger partial charge in [0.05, 0.1) is 16.5 Å². The highest BCUT2D eigenvalue weighted by molar-refractivity contribution is 6.33. The maximum absolute atomic E-state index is 13.4. The molecule has 2 aromatic carbocycles. The van der Waals surface area contributed by atoms with Crippen molar-refractivity contribution in [3.05, 3.63) is 59.5 Å². The van der Waals surface area contributed by atoms with Crippen LogP contribution in [0.3, 0.4) is 0 Å². The number of carboxylic acid groups (broad SMARTS) is 1. The fourth-order valence-corrected chi connectivity index (χ4v) is 4.30. The Morgan fingerprint density at radius 2 is 2.03 bits per heavy atom. The van der Waals surface area contributed by atoms with E-state index < -0.39 is 23.8 Å². The highest BCUT2D eigenvalue weighted by Gasteiger charge is 2.31. The number of likely N-dealkylation sites (tertiary alicyclic amines) is 1. The number of pyridine rings is 1. The molecule has 1 saturated heterocycles. The fraction of sp³-hybridized carbons (Fsp3) is 0.292. The molecular formula is C24H22ClFN2O4. The van der Waals surface area contributed by atoms with Crippen LogP contribution in [-0.2, 0) is 9.59 Å². The Morgan fingerprint density at radius 1 is 1.22 bits per heavy atom. The van der Waals surface area contributed by atoms with E-state index in [2.05, 4.69) is 4.98 Å². The molecule has 32 heavy (non-hydrogen) atoms. The molecular weight excluding hydrogens is 435 g/mol. The number of benzene rings is 2. The third-order valence-electron chi connectivity index (χ3n) is 5.68. The standard InChI is InChI=1S/C24H22ClFN2O4/c1-14(23(29)28-10-2-3-15(13-28)24(30)31)32-17-5-7-20-18(8-9-27-22(20)12-17)19-6-4-16(26)11-21(19)25/h4-9,11-12,14-15H,2-3,10,13H2,1H3,(H,30,31)/t14-,15-/m1/s1. The van der Waals surface area contributed by atoms with Crippen LogP contribution < -0.4 is 4.74 Å². The van der Waals surface area contributed by atoms with Crippen molar-refractivity contribution in [3.8, 4) is 16.9 Å². The number of rotatable bonds is 5. The van der Waals surface area contributed by atoms with Crippen LogP contribution in [0.2, 0.25) is 5.02 Å². The third kappa shape index (κ3) is 4.53. The lowest BCUT2D eigenvalue weighted by Gasteiger charge is -2.32. The monoisotopic (exact) mass is 456 g/mol. The lowest BCUT2D eigenvalue weighted by molar-refractivity contribution is -0.147. The quantitative estimate of drug-likeness (QED) is 0.597. The zero-order valence-electron chi connectivity index (χ0n) is 17.4. The third-order valence-corrected chi connectivity index (χ3v) is 5.99. The van der Waals surface area contributed by atoms with E-state index in [1.165, 1.54) is 12.1 Å². The molecule has 3 aromatic rings. The number of piperidine rings is 1. The van der Waals surface area contributed by atoms with Crippen molar-refractivity contribution < 1.29 is 23.8 Å². The molecule has 1 amide bonds. The normalized spacial score (nSPS) is 17.2. The first-order valence-electron chi connectivity index (χ1n) is 10.4. The van der Waals surface area contributed by atoms with Gasteiger partial charge in [0.15, 0.2) is 6.10 Å². The summed E-state index contributed by atoms with van der Waals surface area (Å²) in [5, 5.41) is 10.4. The number of aromatic nitrogens is 1. The second kappa shape index (κ2) is 9.12. The molecule has 1 aliphatic rings. The van der Waals surface area contributed by atoms with Gasteiger partial charge in [-0.25, -0.2) is 4.39 Å². The largest absolute Gasteiger partial charge is 0.481 e. The van der Waals surface area contributed by atoms with Gasteiger partial charge < -0.3 is 14.7 Å². The summed E-state index contributed by atoms with van der Waals surface area (Å²) in [6.07, 6.45) is 2.10. The van der Waals surface area contributed by atoms with E-state index in [1.54, 1.807) is 36.2 Å². The van der Waals surface area contributed by atoms with Gasteiger partial charge in [0.2, 0.25) is 0 Å². The number of hydrogen-bond donors (Lipinski definition) is 1. The minimum Gasteiger partial charge on any atom is -0.481 e. The molecule has 4 rings (SSSR count). The average Bonchev–Trinajstić information content (AvgIpc) is 2.78. The summed E-state index contributed by atoms with van der Waals surface area (Å²) in [6, 6.07) is 11.4. The molecule has 1 aromatic heterocycles. The molecule has 166 valence electrons. The summed E-state index contributed by atoms with van der Waals surface area (Å²) in [4.78, 5) is 30.0. The van der Waals surface area contributed by atoms with Crippen LogP contribution in [0.1, 0.15) is 19.8 Å². The second-order valence-corrected chi connectivity index (χ2v) is 8.29. The number of amides is 1. The first kappa shape index (κ1) is 22.0. The highest BCUT2D eigenvalue weighted by atomic mass is 35.5.